The van der Waals surface area contributed by atoms with Crippen molar-refractivity contribution >= 4 is 17.3 Å². The maximum Gasteiger partial charge on any atom is 0.277 e. The van der Waals surface area contributed by atoms with Crippen LogP contribution in [0.2, 0.25) is 0 Å². The van der Waals surface area contributed by atoms with E-state index in [1.165, 1.54) is 0 Å². The molecule has 2 rings (SSSR count). The van der Waals surface area contributed by atoms with E-state index in [4.69, 9.17) is 10.5 Å². The van der Waals surface area contributed by atoms with Gasteiger partial charge in [-0.15, -0.1) is 0 Å². The second-order valence-electron chi connectivity index (χ2n) is 5.34. The number of aryl methyl sites for hydroxylation is 1. The molecule has 0 aliphatic heterocycles. The number of anilines is 1. The number of hydrogen-bond donors (Lipinski definition) is 2. The number of hydrazone groups is 1. The summed E-state index contributed by atoms with van der Waals surface area (Å²) in [6, 6.07) is 13.0. The molecule has 0 aliphatic rings. The molecule has 0 heterocycles. The highest BCUT2D eigenvalue weighted by Gasteiger charge is 2.06. The first-order valence-electron chi connectivity index (χ1n) is 7.35. The van der Waals surface area contributed by atoms with Crippen molar-refractivity contribution in [1.29, 1.82) is 0 Å². The van der Waals surface area contributed by atoms with Gasteiger partial charge in [0, 0.05) is 5.69 Å². The SMILES string of the molecule is C/C(=N\NC(=O)COc1cccc(C)c1C)c1ccc(N)cc1. The zero-order chi connectivity index (χ0) is 16.8. The predicted molar refractivity (Wildman–Crippen MR) is 92.6 cm³/mol. The van der Waals surface area contributed by atoms with E-state index in [2.05, 4.69) is 10.5 Å². The zero-order valence-electron chi connectivity index (χ0n) is 13.6. The third-order valence-corrected chi connectivity index (χ3v) is 3.59. The average molecular weight is 311 g/mol. The van der Waals surface area contributed by atoms with Gasteiger partial charge in [0.1, 0.15) is 5.75 Å². The summed E-state index contributed by atoms with van der Waals surface area (Å²) >= 11 is 0. The van der Waals surface area contributed by atoms with Crippen molar-refractivity contribution in [2.24, 2.45) is 5.10 Å². The van der Waals surface area contributed by atoms with Crippen molar-refractivity contribution in [1.82, 2.24) is 5.43 Å². The standard InChI is InChI=1S/C18H21N3O2/c1-12-5-4-6-17(13(12)2)23-11-18(22)21-20-14(3)15-7-9-16(19)10-8-15/h4-10H,11,19H2,1-3H3,(H,21,22)/b20-14+. The van der Waals surface area contributed by atoms with E-state index < -0.39 is 0 Å². The number of hydrogen-bond acceptors (Lipinski definition) is 4. The van der Waals surface area contributed by atoms with Crippen LogP contribution in [0.1, 0.15) is 23.6 Å². The first-order valence-corrected chi connectivity index (χ1v) is 7.35. The van der Waals surface area contributed by atoms with Crippen LogP contribution in [0.25, 0.3) is 0 Å². The fraction of sp³-hybridized carbons (Fsp3) is 0.222. The molecular weight excluding hydrogens is 290 g/mol. The topological polar surface area (TPSA) is 76.7 Å². The highest BCUT2D eigenvalue weighted by molar-refractivity contribution is 5.99. The molecule has 0 saturated heterocycles. The van der Waals surface area contributed by atoms with Crippen LogP contribution in [0.3, 0.4) is 0 Å². The summed E-state index contributed by atoms with van der Waals surface area (Å²) in [6.45, 7) is 5.70. The molecule has 0 atom stereocenters. The molecule has 120 valence electrons. The number of nitrogens with zero attached hydrogens (tertiary/aromatic N) is 1. The number of carbonyl (C=O) groups excluding carboxylic acids is 1. The Bertz CT molecular complexity index is 722. The Hall–Kier alpha value is -2.82. The third kappa shape index (κ3) is 4.57. The number of nitrogens with one attached hydrogen (secondary N) is 1. The van der Waals surface area contributed by atoms with Crippen molar-refractivity contribution in [3.8, 4) is 5.75 Å². The van der Waals surface area contributed by atoms with Crippen LogP contribution in [0.15, 0.2) is 47.6 Å². The fourth-order valence-electron chi connectivity index (χ4n) is 1.99. The quantitative estimate of drug-likeness (QED) is 0.506. The van der Waals surface area contributed by atoms with E-state index in [0.717, 1.165) is 16.7 Å². The molecule has 0 aromatic heterocycles. The van der Waals surface area contributed by atoms with Crippen molar-refractivity contribution in [3.63, 3.8) is 0 Å². The Morgan fingerprint density at radius 2 is 1.87 bits per heavy atom. The highest BCUT2D eigenvalue weighted by Crippen LogP contribution is 2.20. The van der Waals surface area contributed by atoms with Crippen molar-refractivity contribution < 1.29 is 9.53 Å². The molecule has 0 radical (unpaired) electrons. The Kier molecular flexibility index (Phi) is 5.36. The maximum absolute atomic E-state index is 11.8. The van der Waals surface area contributed by atoms with Crippen LogP contribution in [-0.2, 0) is 4.79 Å². The Labute approximate surface area is 136 Å². The number of benzene rings is 2. The second-order valence-corrected chi connectivity index (χ2v) is 5.34. The van der Waals surface area contributed by atoms with E-state index in [1.54, 1.807) is 12.1 Å². The van der Waals surface area contributed by atoms with Gasteiger partial charge in [-0.1, -0.05) is 24.3 Å². The first kappa shape index (κ1) is 16.5. The average Bonchev–Trinajstić information content (AvgIpc) is 2.54. The van der Waals surface area contributed by atoms with Gasteiger partial charge in [-0.25, -0.2) is 5.43 Å². The molecule has 0 unspecified atom stereocenters. The normalized spacial score (nSPS) is 11.2. The Morgan fingerprint density at radius 3 is 2.57 bits per heavy atom. The molecule has 0 aliphatic carbocycles. The molecule has 5 heteroatoms. The number of carbonyl (C=O) groups is 1. The monoisotopic (exact) mass is 311 g/mol. The van der Waals surface area contributed by atoms with Crippen LogP contribution in [-0.4, -0.2) is 18.2 Å². The molecular formula is C18H21N3O2. The summed E-state index contributed by atoms with van der Waals surface area (Å²) in [5, 5.41) is 4.07. The molecule has 1 amide bonds. The molecule has 23 heavy (non-hydrogen) atoms. The molecule has 0 bridgehead atoms. The van der Waals surface area contributed by atoms with Crippen LogP contribution in [0, 0.1) is 13.8 Å². The lowest BCUT2D eigenvalue weighted by Gasteiger charge is -2.10. The van der Waals surface area contributed by atoms with Crippen molar-refractivity contribution in [2.45, 2.75) is 20.8 Å². The number of amides is 1. The molecule has 2 aromatic carbocycles. The summed E-state index contributed by atoms with van der Waals surface area (Å²) in [5.41, 5.74) is 12.6. The Morgan fingerprint density at radius 1 is 1.17 bits per heavy atom. The molecule has 5 nitrogen and oxygen atoms in total. The minimum absolute atomic E-state index is 0.0805. The molecule has 0 saturated carbocycles. The number of nitrogens with two attached hydrogens (primary N) is 1. The predicted octanol–water partition coefficient (Wildman–Crippen LogP) is 2.80. The first-order chi connectivity index (χ1) is 11.0. The highest BCUT2D eigenvalue weighted by atomic mass is 16.5. The van der Waals surface area contributed by atoms with Crippen LogP contribution >= 0.6 is 0 Å². The van der Waals surface area contributed by atoms with Crippen LogP contribution < -0.4 is 15.9 Å². The van der Waals surface area contributed by atoms with E-state index in [0.29, 0.717) is 17.1 Å². The summed E-state index contributed by atoms with van der Waals surface area (Å²) < 4.78 is 5.54. The molecule has 0 fully saturated rings. The van der Waals surface area contributed by atoms with E-state index in [-0.39, 0.29) is 12.5 Å². The minimum atomic E-state index is -0.305. The molecule has 2 aromatic rings. The lowest BCUT2D eigenvalue weighted by molar-refractivity contribution is -0.123. The van der Waals surface area contributed by atoms with Crippen LogP contribution in [0.5, 0.6) is 5.75 Å². The van der Waals surface area contributed by atoms with E-state index >= 15 is 0 Å². The molecule has 0 spiro atoms. The van der Waals surface area contributed by atoms with Gasteiger partial charge >= 0.3 is 0 Å². The smallest absolute Gasteiger partial charge is 0.277 e. The lowest BCUT2D eigenvalue weighted by atomic mass is 10.1. The van der Waals surface area contributed by atoms with Gasteiger partial charge in [0.15, 0.2) is 6.61 Å². The number of nitrogen functional groups attached to an aromatic ring is 1. The summed E-state index contributed by atoms with van der Waals surface area (Å²) in [7, 11) is 0. The van der Waals surface area contributed by atoms with Gasteiger partial charge in [-0.05, 0) is 55.7 Å². The van der Waals surface area contributed by atoms with Gasteiger partial charge in [0.25, 0.3) is 5.91 Å². The summed E-state index contributed by atoms with van der Waals surface area (Å²) in [4.78, 5) is 11.8. The van der Waals surface area contributed by atoms with Gasteiger partial charge in [0.05, 0.1) is 5.71 Å². The van der Waals surface area contributed by atoms with Crippen molar-refractivity contribution in [3.05, 3.63) is 59.2 Å². The van der Waals surface area contributed by atoms with E-state index in [9.17, 15) is 4.79 Å². The largest absolute Gasteiger partial charge is 0.483 e. The number of ether oxygens (including phenoxy) is 1. The van der Waals surface area contributed by atoms with Gasteiger partial charge in [-0.3, -0.25) is 4.79 Å². The van der Waals surface area contributed by atoms with E-state index in [1.807, 2.05) is 51.1 Å². The second kappa shape index (κ2) is 7.45. The van der Waals surface area contributed by atoms with Crippen molar-refractivity contribution in [2.75, 3.05) is 12.3 Å². The summed E-state index contributed by atoms with van der Waals surface area (Å²) in [5.74, 6) is 0.403. The maximum atomic E-state index is 11.8. The number of rotatable bonds is 5. The van der Waals surface area contributed by atoms with Gasteiger partial charge < -0.3 is 10.5 Å². The lowest BCUT2D eigenvalue weighted by Crippen LogP contribution is -2.25. The van der Waals surface area contributed by atoms with Gasteiger partial charge in [-0.2, -0.15) is 5.10 Å². The zero-order valence-corrected chi connectivity index (χ0v) is 13.6. The summed E-state index contributed by atoms with van der Waals surface area (Å²) in [6.07, 6.45) is 0. The fourth-order valence-corrected chi connectivity index (χ4v) is 1.99. The molecule has 3 N–H and O–H groups in total. The van der Waals surface area contributed by atoms with Crippen LogP contribution in [0.4, 0.5) is 5.69 Å². The minimum Gasteiger partial charge on any atom is -0.483 e. The third-order valence-electron chi connectivity index (χ3n) is 3.59. The Balaban J connectivity index is 1.91. The van der Waals surface area contributed by atoms with Gasteiger partial charge in [0.2, 0.25) is 0 Å².